The summed E-state index contributed by atoms with van der Waals surface area (Å²) in [5, 5.41) is 0. The van der Waals surface area contributed by atoms with E-state index in [1.165, 1.54) is 0 Å². The number of hydrogen-bond acceptors (Lipinski definition) is 0. The van der Waals surface area contributed by atoms with Crippen LogP contribution in [0.15, 0.2) is 12.3 Å². The van der Waals surface area contributed by atoms with Crippen molar-refractivity contribution in [3.8, 4) is 0 Å². The SMILES string of the molecule is C=C[Si-2](F)(F)(F)(F)F.[K+].[K+]. The number of halogens is 5. The molecule has 0 saturated heterocycles. The number of rotatable bonds is 1. The summed E-state index contributed by atoms with van der Waals surface area (Å²) >= 11 is 0. The van der Waals surface area contributed by atoms with Crippen LogP contribution in [0.1, 0.15) is 0 Å². The van der Waals surface area contributed by atoms with Crippen molar-refractivity contribution in [3.63, 3.8) is 0 Å². The third kappa shape index (κ3) is 17.1. The molecule has 0 heterocycles. The third-order valence-electron chi connectivity index (χ3n) is 0.386. The van der Waals surface area contributed by atoms with Gasteiger partial charge in [-0.05, 0) is 0 Å². The first-order valence-corrected chi connectivity index (χ1v) is 4.11. The molecule has 0 aromatic heterocycles. The molecule has 0 fully saturated rings. The van der Waals surface area contributed by atoms with Gasteiger partial charge in [-0.25, -0.2) is 0 Å². The minimum atomic E-state index is -9.62. The predicted octanol–water partition coefficient (Wildman–Crippen LogP) is -3.59. The Morgan fingerprint density at radius 3 is 1.00 bits per heavy atom. The molecule has 0 aromatic carbocycles. The number of hydrogen-bond donors (Lipinski definition) is 0. The van der Waals surface area contributed by atoms with Gasteiger partial charge in [-0.2, -0.15) is 0 Å². The van der Waals surface area contributed by atoms with Crippen LogP contribution in [0.25, 0.3) is 0 Å². The van der Waals surface area contributed by atoms with E-state index >= 15 is 0 Å². The standard InChI is InChI=1S/C2H3F5Si.2K/c1-2-8(3,4,5,6)7;;/h2H,1H2;;/q-2;2*+1. The van der Waals surface area contributed by atoms with Gasteiger partial charge in [-0.1, -0.05) is 0 Å². The molecule has 0 bridgehead atoms. The van der Waals surface area contributed by atoms with Gasteiger partial charge in [0.15, 0.2) is 0 Å². The predicted molar refractivity (Wildman–Crippen MR) is 21.5 cm³/mol. The molecule has 10 heavy (non-hydrogen) atoms. The second-order valence-electron chi connectivity index (χ2n) is 1.46. The molecule has 52 valence electrons. The molecule has 0 nitrogen and oxygen atoms in total. The minimum absolute atomic E-state index is 0. The fraction of sp³-hybridized carbons (Fsp3) is 0. The first-order chi connectivity index (χ1) is 3.04. The van der Waals surface area contributed by atoms with Crippen molar-refractivity contribution in [3.05, 3.63) is 12.3 Å². The van der Waals surface area contributed by atoms with Crippen LogP contribution in [0, 0.1) is 0 Å². The summed E-state index contributed by atoms with van der Waals surface area (Å²) in [5.41, 5.74) is -1.20. The molecule has 0 aromatic rings. The summed E-state index contributed by atoms with van der Waals surface area (Å²) in [5.74, 6) is 0. The summed E-state index contributed by atoms with van der Waals surface area (Å²) in [6.45, 7) is 1.97. The van der Waals surface area contributed by atoms with Crippen LogP contribution >= 0.6 is 0 Å². The normalized spacial score (nSPS) is 16.9. The molecule has 0 aliphatic rings. The Morgan fingerprint density at radius 1 is 0.900 bits per heavy atom. The Kier molecular flexibility index (Phi) is 7.35. The van der Waals surface area contributed by atoms with Crippen molar-refractivity contribution >= 4 is 8.30 Å². The molecule has 0 unspecified atom stereocenters. The van der Waals surface area contributed by atoms with Crippen molar-refractivity contribution in [1.29, 1.82) is 0 Å². The largest absolute Gasteiger partial charge is 1.00 e. The first-order valence-electron chi connectivity index (χ1n) is 1.64. The van der Waals surface area contributed by atoms with Crippen LogP contribution in [0.2, 0.25) is 0 Å². The maximum Gasteiger partial charge on any atom is 1.00 e. The zero-order valence-corrected chi connectivity index (χ0v) is 12.9. The van der Waals surface area contributed by atoms with Crippen LogP contribution in [-0.4, -0.2) is 8.30 Å². The Balaban J connectivity index is -0.000000245. The summed E-state index contributed by atoms with van der Waals surface area (Å²) in [4.78, 5) is 0. The van der Waals surface area contributed by atoms with E-state index in [9.17, 15) is 20.5 Å². The summed E-state index contributed by atoms with van der Waals surface area (Å²) in [6.07, 6.45) is 0. The zero-order valence-electron chi connectivity index (χ0n) is 5.67. The Bertz CT molecular complexity index is 121. The van der Waals surface area contributed by atoms with Gasteiger partial charge < -0.3 is 0 Å². The van der Waals surface area contributed by atoms with Gasteiger partial charge in [0, 0.05) is 0 Å². The van der Waals surface area contributed by atoms with E-state index in [4.69, 9.17) is 0 Å². The molecular formula is C2H3F5K2Si. The first kappa shape index (κ1) is 18.6. The van der Waals surface area contributed by atoms with Crippen molar-refractivity contribution in [2.24, 2.45) is 0 Å². The van der Waals surface area contributed by atoms with Gasteiger partial charge in [0.05, 0.1) is 0 Å². The molecule has 0 N–H and O–H groups in total. The molecule has 8 heteroatoms. The molecule has 0 amide bonds. The van der Waals surface area contributed by atoms with E-state index < -0.39 is 14.0 Å². The maximum atomic E-state index is 10.9. The van der Waals surface area contributed by atoms with Gasteiger partial charge in [0.25, 0.3) is 0 Å². The van der Waals surface area contributed by atoms with Crippen LogP contribution in [0.3, 0.4) is 0 Å². The topological polar surface area (TPSA) is 0 Å². The van der Waals surface area contributed by atoms with E-state index in [-0.39, 0.29) is 103 Å². The van der Waals surface area contributed by atoms with E-state index in [1.54, 1.807) is 0 Å². The maximum absolute atomic E-state index is 10.9. The van der Waals surface area contributed by atoms with Gasteiger partial charge in [0.2, 0.25) is 0 Å². The van der Waals surface area contributed by atoms with Crippen LogP contribution < -0.4 is 103 Å². The van der Waals surface area contributed by atoms with Crippen molar-refractivity contribution in [2.75, 3.05) is 0 Å². The summed E-state index contributed by atoms with van der Waals surface area (Å²) < 4.78 is 54.3. The molecule has 0 aliphatic carbocycles. The molecule has 0 radical (unpaired) electrons. The van der Waals surface area contributed by atoms with E-state index in [0.717, 1.165) is 0 Å². The van der Waals surface area contributed by atoms with Gasteiger partial charge in [-0.15, -0.1) is 0 Å². The van der Waals surface area contributed by atoms with E-state index in [1.807, 2.05) is 6.58 Å². The second-order valence-corrected chi connectivity index (χ2v) is 4.39. The third-order valence-corrected chi connectivity index (χ3v) is 1.16. The summed E-state index contributed by atoms with van der Waals surface area (Å²) in [6, 6.07) is 0. The smallest absolute Gasteiger partial charge is 1.00 e. The van der Waals surface area contributed by atoms with Gasteiger partial charge >= 0.3 is 144 Å². The fourth-order valence-corrected chi connectivity index (χ4v) is 0. The minimum Gasteiger partial charge on any atom is 1.00 e. The average molecular weight is 228 g/mol. The Morgan fingerprint density at radius 2 is 1.00 bits per heavy atom. The molecule has 0 spiro atoms. The van der Waals surface area contributed by atoms with Crippen molar-refractivity contribution in [2.45, 2.75) is 0 Å². The summed E-state index contributed by atoms with van der Waals surface area (Å²) in [7, 11) is -9.62. The molecular weight excluding hydrogens is 225 g/mol. The van der Waals surface area contributed by atoms with Crippen molar-refractivity contribution in [1.82, 2.24) is 0 Å². The van der Waals surface area contributed by atoms with Crippen molar-refractivity contribution < 1.29 is 123 Å². The van der Waals surface area contributed by atoms with Gasteiger partial charge in [-0.3, -0.25) is 0 Å². The molecule has 0 atom stereocenters. The molecule has 0 aliphatic heterocycles. The quantitative estimate of drug-likeness (QED) is 0.247. The van der Waals surface area contributed by atoms with Gasteiger partial charge in [0.1, 0.15) is 0 Å². The monoisotopic (exact) mass is 228 g/mol. The Hall–Kier alpha value is 2.88. The fourth-order valence-electron chi connectivity index (χ4n) is 0. The van der Waals surface area contributed by atoms with E-state index in [2.05, 4.69) is 0 Å². The van der Waals surface area contributed by atoms with Crippen LogP contribution in [-0.2, 0) is 0 Å². The molecule has 0 rings (SSSR count). The van der Waals surface area contributed by atoms with E-state index in [0.29, 0.717) is 0 Å². The van der Waals surface area contributed by atoms with Crippen LogP contribution in [0.4, 0.5) is 20.5 Å². The van der Waals surface area contributed by atoms with Crippen LogP contribution in [0.5, 0.6) is 0 Å². The molecule has 0 saturated carbocycles. The average Bonchev–Trinajstić information content (AvgIpc) is 1.30. The zero-order chi connectivity index (χ0) is 7.12. The second kappa shape index (κ2) is 3.94. The Labute approximate surface area is 140 Å².